The maximum Gasteiger partial charge on any atom is 0.0462 e. The van der Waals surface area contributed by atoms with Crippen molar-refractivity contribution >= 4 is 91.7 Å². The van der Waals surface area contributed by atoms with Crippen molar-refractivity contribution in [3.8, 4) is 33.4 Å². The molecular weight excluding hydrogens is 743 g/mol. The van der Waals surface area contributed by atoms with Crippen LogP contribution in [-0.2, 0) is 0 Å². The zero-order valence-electron chi connectivity index (χ0n) is 32.7. The normalized spacial score (nSPS) is 11.7. The SMILES string of the molecule is c1ccc2c(c1)ccc1ccc(-c3ccc(N(c4ccc(-c5ccc6ccc7ccccc7c6c5)cc4)c4ccc(-c5cccc6c5sc5ccccc56)cc4)cc3)cc12. The lowest BCUT2D eigenvalue weighted by atomic mass is 9.96. The molecule has 0 spiro atoms. The molecule has 0 saturated heterocycles. The highest BCUT2D eigenvalue weighted by Crippen LogP contribution is 2.42. The van der Waals surface area contributed by atoms with Crippen LogP contribution in [0.1, 0.15) is 0 Å². The molecule has 0 amide bonds. The summed E-state index contributed by atoms with van der Waals surface area (Å²) >= 11 is 1.88. The van der Waals surface area contributed by atoms with Gasteiger partial charge in [-0.2, -0.15) is 0 Å². The lowest BCUT2D eigenvalue weighted by Gasteiger charge is -2.26. The highest BCUT2D eigenvalue weighted by atomic mass is 32.1. The summed E-state index contributed by atoms with van der Waals surface area (Å²) in [6, 6.07) is 82.5. The standard InChI is InChI=1S/C58H37NS/c1-3-10-50-40(8-1)16-18-43-20-22-45(36-55(43)50)38-24-30-47(31-25-38)59(49-34-28-42(29-35-49)52-13-7-14-54-53-12-5-6-15-57(53)60-58(52)54)48-32-26-39(27-33-48)46-23-21-44-19-17-41-9-2-4-11-51(41)56(44)37-46/h1-37H. The summed E-state index contributed by atoms with van der Waals surface area (Å²) in [5.74, 6) is 0. The van der Waals surface area contributed by atoms with E-state index in [1.54, 1.807) is 0 Å². The van der Waals surface area contributed by atoms with Gasteiger partial charge in [-0.25, -0.2) is 0 Å². The van der Waals surface area contributed by atoms with Gasteiger partial charge < -0.3 is 4.90 Å². The van der Waals surface area contributed by atoms with Gasteiger partial charge in [-0.1, -0.05) is 170 Å². The second kappa shape index (κ2) is 14.1. The second-order valence-electron chi connectivity index (χ2n) is 15.7. The molecule has 0 bridgehead atoms. The molecule has 0 N–H and O–H groups in total. The number of hydrogen-bond acceptors (Lipinski definition) is 2. The molecule has 0 aliphatic rings. The van der Waals surface area contributed by atoms with Gasteiger partial charge in [0, 0.05) is 37.2 Å². The van der Waals surface area contributed by atoms with Gasteiger partial charge in [0.1, 0.15) is 0 Å². The molecule has 1 aromatic heterocycles. The Balaban J connectivity index is 0.939. The molecule has 0 aliphatic carbocycles. The van der Waals surface area contributed by atoms with E-state index >= 15 is 0 Å². The van der Waals surface area contributed by atoms with Crippen LogP contribution in [0.25, 0.3) is 96.6 Å². The third kappa shape index (κ3) is 5.84. The van der Waals surface area contributed by atoms with Crippen LogP contribution in [0.5, 0.6) is 0 Å². The van der Waals surface area contributed by atoms with Crippen LogP contribution in [0, 0.1) is 0 Å². The van der Waals surface area contributed by atoms with Crippen molar-refractivity contribution in [2.75, 3.05) is 4.90 Å². The van der Waals surface area contributed by atoms with Crippen molar-refractivity contribution in [3.63, 3.8) is 0 Å². The Bertz CT molecular complexity index is 3420. The summed E-state index contributed by atoms with van der Waals surface area (Å²) < 4.78 is 2.65. The Morgan fingerprint density at radius 2 is 0.667 bits per heavy atom. The molecule has 12 aromatic rings. The molecule has 11 aromatic carbocycles. The summed E-state index contributed by atoms with van der Waals surface area (Å²) in [5, 5.41) is 12.8. The first-order chi connectivity index (χ1) is 29.7. The van der Waals surface area contributed by atoms with Crippen molar-refractivity contribution in [1.29, 1.82) is 0 Å². The first kappa shape index (κ1) is 34.5. The summed E-state index contributed by atoms with van der Waals surface area (Å²) in [6.07, 6.45) is 0. The van der Waals surface area contributed by atoms with Crippen molar-refractivity contribution in [2.24, 2.45) is 0 Å². The van der Waals surface area contributed by atoms with Gasteiger partial charge in [0.05, 0.1) is 0 Å². The Morgan fingerprint density at radius 1 is 0.267 bits per heavy atom. The van der Waals surface area contributed by atoms with Crippen molar-refractivity contribution in [1.82, 2.24) is 0 Å². The van der Waals surface area contributed by atoms with Gasteiger partial charge in [-0.05, 0) is 131 Å². The zero-order valence-corrected chi connectivity index (χ0v) is 33.5. The molecule has 1 heterocycles. The van der Waals surface area contributed by atoms with Crippen LogP contribution < -0.4 is 4.90 Å². The fourth-order valence-electron chi connectivity index (χ4n) is 9.18. The van der Waals surface area contributed by atoms with E-state index in [1.165, 1.54) is 96.6 Å². The lowest BCUT2D eigenvalue weighted by Crippen LogP contribution is -2.09. The minimum atomic E-state index is 1.11. The minimum absolute atomic E-state index is 1.11. The Morgan fingerprint density at radius 3 is 1.20 bits per heavy atom. The maximum absolute atomic E-state index is 2.37. The van der Waals surface area contributed by atoms with Gasteiger partial charge in [0.2, 0.25) is 0 Å². The smallest absolute Gasteiger partial charge is 0.0462 e. The molecule has 2 heteroatoms. The number of rotatable bonds is 6. The van der Waals surface area contributed by atoms with Crippen LogP contribution in [0.15, 0.2) is 224 Å². The molecule has 280 valence electrons. The Labute approximate surface area is 352 Å². The predicted octanol–water partition coefficient (Wildman–Crippen LogP) is 17.1. The molecule has 12 rings (SSSR count). The number of benzene rings is 11. The lowest BCUT2D eigenvalue weighted by molar-refractivity contribution is 1.28. The molecule has 0 atom stereocenters. The zero-order chi connectivity index (χ0) is 39.6. The number of thiophene rings is 1. The monoisotopic (exact) mass is 779 g/mol. The van der Waals surface area contributed by atoms with Gasteiger partial charge in [0.25, 0.3) is 0 Å². The van der Waals surface area contributed by atoms with E-state index in [0.717, 1.165) is 17.1 Å². The van der Waals surface area contributed by atoms with E-state index in [9.17, 15) is 0 Å². The second-order valence-corrected chi connectivity index (χ2v) is 16.8. The fourth-order valence-corrected chi connectivity index (χ4v) is 10.4. The maximum atomic E-state index is 2.37. The Hall–Kier alpha value is -7.52. The quantitative estimate of drug-likeness (QED) is 0.152. The van der Waals surface area contributed by atoms with Crippen molar-refractivity contribution < 1.29 is 0 Å². The summed E-state index contributed by atoms with van der Waals surface area (Å²) in [6.45, 7) is 0. The van der Waals surface area contributed by atoms with Crippen molar-refractivity contribution in [2.45, 2.75) is 0 Å². The van der Waals surface area contributed by atoms with E-state index in [-0.39, 0.29) is 0 Å². The number of fused-ring (bicyclic) bond motifs is 9. The number of nitrogens with zero attached hydrogens (tertiary/aromatic N) is 1. The first-order valence-electron chi connectivity index (χ1n) is 20.6. The van der Waals surface area contributed by atoms with Crippen molar-refractivity contribution in [3.05, 3.63) is 224 Å². The van der Waals surface area contributed by atoms with Crippen LogP contribution in [0.3, 0.4) is 0 Å². The molecule has 0 unspecified atom stereocenters. The fraction of sp³-hybridized carbons (Fsp3) is 0. The Kier molecular flexibility index (Phi) is 8.11. The van der Waals surface area contributed by atoms with Crippen LogP contribution in [0.2, 0.25) is 0 Å². The molecular formula is C58H37NS. The molecule has 0 saturated carbocycles. The largest absolute Gasteiger partial charge is 0.311 e. The van der Waals surface area contributed by atoms with E-state index < -0.39 is 0 Å². The van der Waals surface area contributed by atoms with Crippen LogP contribution in [-0.4, -0.2) is 0 Å². The van der Waals surface area contributed by atoms with Gasteiger partial charge in [-0.3, -0.25) is 0 Å². The molecule has 0 fully saturated rings. The molecule has 0 radical (unpaired) electrons. The summed E-state index contributed by atoms with van der Waals surface area (Å²) in [4.78, 5) is 2.37. The van der Waals surface area contributed by atoms with E-state index in [1.807, 2.05) is 11.3 Å². The van der Waals surface area contributed by atoms with E-state index in [0.29, 0.717) is 0 Å². The minimum Gasteiger partial charge on any atom is -0.311 e. The topological polar surface area (TPSA) is 3.24 Å². The molecule has 0 aliphatic heterocycles. The number of anilines is 3. The highest BCUT2D eigenvalue weighted by Gasteiger charge is 2.16. The third-order valence-electron chi connectivity index (χ3n) is 12.3. The van der Waals surface area contributed by atoms with Gasteiger partial charge in [0.15, 0.2) is 0 Å². The first-order valence-corrected chi connectivity index (χ1v) is 21.4. The summed E-state index contributed by atoms with van der Waals surface area (Å²) in [7, 11) is 0. The van der Waals surface area contributed by atoms with E-state index in [2.05, 4.69) is 229 Å². The van der Waals surface area contributed by atoms with E-state index in [4.69, 9.17) is 0 Å². The average molecular weight is 780 g/mol. The highest BCUT2D eigenvalue weighted by molar-refractivity contribution is 7.26. The average Bonchev–Trinajstić information content (AvgIpc) is 3.71. The summed E-state index contributed by atoms with van der Waals surface area (Å²) in [5.41, 5.74) is 10.6. The predicted molar refractivity (Wildman–Crippen MR) is 260 cm³/mol. The van der Waals surface area contributed by atoms with Crippen LogP contribution in [0.4, 0.5) is 17.1 Å². The van der Waals surface area contributed by atoms with Gasteiger partial charge in [-0.15, -0.1) is 11.3 Å². The third-order valence-corrected chi connectivity index (χ3v) is 13.5. The molecule has 1 nitrogen and oxygen atoms in total. The van der Waals surface area contributed by atoms with Gasteiger partial charge >= 0.3 is 0 Å². The number of hydrogen-bond donors (Lipinski definition) is 0. The van der Waals surface area contributed by atoms with Crippen LogP contribution >= 0.6 is 11.3 Å². The molecule has 60 heavy (non-hydrogen) atoms.